The van der Waals surface area contributed by atoms with Crippen LogP contribution >= 0.6 is 0 Å². The lowest BCUT2D eigenvalue weighted by Crippen LogP contribution is -2.25. The summed E-state index contributed by atoms with van der Waals surface area (Å²) in [6.07, 6.45) is -0.814. The summed E-state index contributed by atoms with van der Waals surface area (Å²) >= 11 is 0. The summed E-state index contributed by atoms with van der Waals surface area (Å²) in [5, 5.41) is 9.61. The van der Waals surface area contributed by atoms with Crippen molar-refractivity contribution in [2.45, 2.75) is 31.8 Å². The van der Waals surface area contributed by atoms with Crippen molar-refractivity contribution in [1.29, 1.82) is 0 Å². The summed E-state index contributed by atoms with van der Waals surface area (Å²) in [5.74, 6) is -0.270. The molecule has 90 valence electrons. The van der Waals surface area contributed by atoms with Crippen LogP contribution in [0.4, 0.5) is 0 Å². The van der Waals surface area contributed by atoms with Crippen LogP contribution in [0.3, 0.4) is 0 Å². The van der Waals surface area contributed by atoms with Crippen LogP contribution in [0.25, 0.3) is 0 Å². The third-order valence-electron chi connectivity index (χ3n) is 2.51. The average molecular weight is 242 g/mol. The van der Waals surface area contributed by atoms with Gasteiger partial charge in [0.1, 0.15) is 0 Å². The van der Waals surface area contributed by atoms with E-state index >= 15 is 0 Å². The molecule has 0 aromatic heterocycles. The predicted molar refractivity (Wildman–Crippen MR) is 64.1 cm³/mol. The maximum atomic E-state index is 11.9. The van der Waals surface area contributed by atoms with Gasteiger partial charge in [-0.25, -0.2) is 8.42 Å². The molecule has 1 unspecified atom stereocenters. The molecule has 0 amide bonds. The fraction of sp³-hybridized carbons (Fsp3) is 0.500. The highest BCUT2D eigenvalue weighted by Gasteiger charge is 2.21. The Hall–Kier alpha value is -0.870. The minimum Gasteiger partial charge on any atom is -0.392 e. The fourth-order valence-electron chi connectivity index (χ4n) is 1.32. The van der Waals surface area contributed by atoms with Crippen LogP contribution in [0.2, 0.25) is 0 Å². The first kappa shape index (κ1) is 13.2. The summed E-state index contributed by atoms with van der Waals surface area (Å²) in [4.78, 5) is 0.284. The van der Waals surface area contributed by atoms with Crippen LogP contribution in [-0.4, -0.2) is 25.4 Å². The molecule has 0 aliphatic carbocycles. The van der Waals surface area contributed by atoms with E-state index in [1.54, 1.807) is 32.0 Å². The van der Waals surface area contributed by atoms with Crippen LogP contribution in [0.15, 0.2) is 29.2 Å². The molecule has 1 N–H and O–H groups in total. The lowest BCUT2D eigenvalue weighted by Gasteiger charge is -2.14. The van der Waals surface area contributed by atoms with E-state index in [1.807, 2.05) is 13.0 Å². The Kier molecular flexibility index (Phi) is 4.10. The van der Waals surface area contributed by atoms with E-state index in [0.717, 1.165) is 5.56 Å². The second-order valence-corrected chi connectivity index (χ2v) is 6.44. The Labute approximate surface area is 97.0 Å². The number of aliphatic hydroxyl groups is 1. The largest absolute Gasteiger partial charge is 0.392 e. The summed E-state index contributed by atoms with van der Waals surface area (Å²) < 4.78 is 23.9. The second kappa shape index (κ2) is 4.97. The number of hydrogen-bond acceptors (Lipinski definition) is 3. The monoisotopic (exact) mass is 242 g/mol. The van der Waals surface area contributed by atoms with Crippen molar-refractivity contribution in [3.63, 3.8) is 0 Å². The topological polar surface area (TPSA) is 54.4 Å². The molecule has 0 saturated carbocycles. The molecule has 1 aromatic rings. The molecule has 0 aliphatic rings. The molecule has 16 heavy (non-hydrogen) atoms. The highest BCUT2D eigenvalue weighted by Crippen LogP contribution is 2.15. The zero-order chi connectivity index (χ0) is 12.3. The normalized spacial score (nSPS) is 14.1. The van der Waals surface area contributed by atoms with Gasteiger partial charge in [0.2, 0.25) is 0 Å². The van der Waals surface area contributed by atoms with Crippen molar-refractivity contribution < 1.29 is 13.5 Å². The maximum Gasteiger partial charge on any atom is 0.180 e. The quantitative estimate of drug-likeness (QED) is 0.875. The summed E-state index contributed by atoms with van der Waals surface area (Å²) in [5.41, 5.74) is 0.903. The number of hydrogen-bond donors (Lipinski definition) is 1. The second-order valence-electron chi connectivity index (χ2n) is 4.41. The van der Waals surface area contributed by atoms with E-state index in [9.17, 15) is 13.5 Å². The fourth-order valence-corrected chi connectivity index (χ4v) is 3.00. The van der Waals surface area contributed by atoms with Gasteiger partial charge in [-0.05, 0) is 30.5 Å². The maximum absolute atomic E-state index is 11.9. The predicted octanol–water partition coefficient (Wildman–Crippen LogP) is 1.79. The van der Waals surface area contributed by atoms with Crippen molar-refractivity contribution in [2.75, 3.05) is 5.75 Å². The number of rotatable bonds is 4. The Morgan fingerprint density at radius 1 is 1.31 bits per heavy atom. The molecule has 0 radical (unpaired) electrons. The van der Waals surface area contributed by atoms with Gasteiger partial charge in [-0.2, -0.15) is 0 Å². The highest BCUT2D eigenvalue weighted by molar-refractivity contribution is 7.91. The molecular weight excluding hydrogens is 224 g/mol. The zero-order valence-corrected chi connectivity index (χ0v) is 10.7. The van der Waals surface area contributed by atoms with Gasteiger partial charge in [0.15, 0.2) is 9.84 Å². The molecule has 0 aliphatic heterocycles. The van der Waals surface area contributed by atoms with Crippen LogP contribution in [0, 0.1) is 12.8 Å². The van der Waals surface area contributed by atoms with E-state index in [4.69, 9.17) is 0 Å². The van der Waals surface area contributed by atoms with Crippen molar-refractivity contribution in [3.8, 4) is 0 Å². The molecule has 1 aromatic carbocycles. The van der Waals surface area contributed by atoms with Gasteiger partial charge < -0.3 is 5.11 Å². The van der Waals surface area contributed by atoms with E-state index in [1.165, 1.54) is 0 Å². The molecule has 4 heteroatoms. The van der Waals surface area contributed by atoms with Crippen molar-refractivity contribution in [1.82, 2.24) is 0 Å². The van der Waals surface area contributed by atoms with Crippen molar-refractivity contribution in [3.05, 3.63) is 29.8 Å². The number of aryl methyl sites for hydroxylation is 1. The van der Waals surface area contributed by atoms with Gasteiger partial charge in [-0.1, -0.05) is 26.0 Å². The third-order valence-corrected chi connectivity index (χ3v) is 4.26. The van der Waals surface area contributed by atoms with Gasteiger partial charge >= 0.3 is 0 Å². The van der Waals surface area contributed by atoms with E-state index in [0.29, 0.717) is 0 Å². The Balaban J connectivity index is 2.95. The highest BCUT2D eigenvalue weighted by atomic mass is 32.2. The Morgan fingerprint density at radius 2 is 1.94 bits per heavy atom. The zero-order valence-electron chi connectivity index (χ0n) is 9.84. The molecule has 0 spiro atoms. The lowest BCUT2D eigenvalue weighted by molar-refractivity contribution is 0.147. The minimum atomic E-state index is -3.38. The van der Waals surface area contributed by atoms with E-state index in [2.05, 4.69) is 0 Å². The van der Waals surface area contributed by atoms with Crippen LogP contribution in [0.5, 0.6) is 0 Å². The first-order valence-corrected chi connectivity index (χ1v) is 6.95. The van der Waals surface area contributed by atoms with E-state index < -0.39 is 15.9 Å². The number of aliphatic hydroxyl groups excluding tert-OH is 1. The first-order valence-electron chi connectivity index (χ1n) is 5.30. The van der Waals surface area contributed by atoms with Gasteiger partial charge in [-0.15, -0.1) is 0 Å². The molecule has 0 bridgehead atoms. The third kappa shape index (κ3) is 3.32. The molecular formula is C12H18O3S. The van der Waals surface area contributed by atoms with Gasteiger partial charge in [0.25, 0.3) is 0 Å². The van der Waals surface area contributed by atoms with Crippen molar-refractivity contribution >= 4 is 9.84 Å². The summed E-state index contributed by atoms with van der Waals surface area (Å²) in [6, 6.07) is 6.75. The molecule has 0 fully saturated rings. The summed E-state index contributed by atoms with van der Waals surface area (Å²) in [7, 11) is -3.38. The van der Waals surface area contributed by atoms with E-state index in [-0.39, 0.29) is 16.6 Å². The molecule has 0 heterocycles. The number of sulfone groups is 1. The first-order chi connectivity index (χ1) is 7.33. The Morgan fingerprint density at radius 3 is 2.44 bits per heavy atom. The Bertz CT molecular complexity index is 449. The smallest absolute Gasteiger partial charge is 0.180 e. The van der Waals surface area contributed by atoms with Crippen LogP contribution < -0.4 is 0 Å². The number of benzene rings is 1. The van der Waals surface area contributed by atoms with Crippen LogP contribution in [-0.2, 0) is 9.84 Å². The minimum absolute atomic E-state index is 0.0559. The van der Waals surface area contributed by atoms with Gasteiger partial charge in [-0.3, -0.25) is 0 Å². The molecule has 1 atom stereocenters. The molecule has 1 rings (SSSR count). The van der Waals surface area contributed by atoms with Crippen LogP contribution in [0.1, 0.15) is 19.4 Å². The summed E-state index contributed by atoms with van der Waals surface area (Å²) in [6.45, 7) is 5.45. The van der Waals surface area contributed by atoms with Gasteiger partial charge in [0, 0.05) is 0 Å². The molecule has 3 nitrogen and oxygen atoms in total. The standard InChI is InChI=1S/C12H18O3S/c1-9(2)12(13)8-16(14,15)11-6-4-5-10(3)7-11/h4-7,9,12-13H,8H2,1-3H3. The van der Waals surface area contributed by atoms with Crippen molar-refractivity contribution in [2.24, 2.45) is 5.92 Å². The lowest BCUT2D eigenvalue weighted by atomic mass is 10.1. The van der Waals surface area contributed by atoms with Gasteiger partial charge in [0.05, 0.1) is 16.8 Å². The average Bonchev–Trinajstić information content (AvgIpc) is 2.17. The molecule has 0 saturated heterocycles. The SMILES string of the molecule is Cc1cccc(S(=O)(=O)CC(O)C(C)C)c1.